The Hall–Kier alpha value is -3.22. The number of hydrogen-bond donors (Lipinski definition) is 0. The molecular weight excluding hydrogens is 375 g/mol. The summed E-state index contributed by atoms with van der Waals surface area (Å²) in [6, 6.07) is 14.9. The van der Waals surface area contributed by atoms with Crippen molar-refractivity contribution in [2.75, 3.05) is 23.0 Å². The van der Waals surface area contributed by atoms with Gasteiger partial charge in [-0.3, -0.25) is 14.4 Å². The largest absolute Gasteiger partial charge is 0.455 e. The van der Waals surface area contributed by atoms with Crippen molar-refractivity contribution in [3.63, 3.8) is 0 Å². The third-order valence-corrected chi connectivity index (χ3v) is 4.76. The second-order valence-electron chi connectivity index (χ2n) is 7.16. The van der Waals surface area contributed by atoms with Crippen LogP contribution in [-0.4, -0.2) is 37.0 Å². The molecule has 7 heteroatoms. The summed E-state index contributed by atoms with van der Waals surface area (Å²) in [6.45, 7) is 3.35. The fraction of sp³-hybridized carbons (Fsp3) is 0.318. The molecule has 3 rings (SSSR count). The molecule has 2 aromatic rings. The standard InChI is InChI=1S/C22H23FN2O4/c1-15(2)25(17-8-4-3-5-9-17)21(27)14-29-22(28)16-12-20(26)24(13-16)19-11-7-6-10-18(19)23/h3-11,15-16H,12-14H2,1-2H3/t16-/m0/s1. The molecule has 1 saturated heterocycles. The first kappa shape index (κ1) is 20.5. The van der Waals surface area contributed by atoms with E-state index in [1.54, 1.807) is 11.0 Å². The van der Waals surface area contributed by atoms with Crippen LogP contribution in [0.1, 0.15) is 20.3 Å². The second kappa shape index (κ2) is 8.86. The van der Waals surface area contributed by atoms with Crippen molar-refractivity contribution in [3.8, 4) is 0 Å². The molecule has 1 aliphatic rings. The SMILES string of the molecule is CC(C)N(C(=O)COC(=O)[C@H]1CC(=O)N(c2ccccc2F)C1)c1ccccc1. The van der Waals surface area contributed by atoms with Gasteiger partial charge in [-0.05, 0) is 38.1 Å². The summed E-state index contributed by atoms with van der Waals surface area (Å²) in [5, 5.41) is 0. The maximum atomic E-state index is 14.0. The lowest BCUT2D eigenvalue weighted by atomic mass is 10.1. The van der Waals surface area contributed by atoms with Gasteiger partial charge in [-0.2, -0.15) is 0 Å². The third kappa shape index (κ3) is 4.62. The Bertz CT molecular complexity index is 901. The van der Waals surface area contributed by atoms with E-state index >= 15 is 0 Å². The van der Waals surface area contributed by atoms with Crippen molar-refractivity contribution >= 4 is 29.2 Å². The zero-order valence-electron chi connectivity index (χ0n) is 16.4. The minimum Gasteiger partial charge on any atom is -0.455 e. The quantitative estimate of drug-likeness (QED) is 0.701. The summed E-state index contributed by atoms with van der Waals surface area (Å²) in [4.78, 5) is 40.1. The number of carbonyl (C=O) groups is 3. The van der Waals surface area contributed by atoms with Crippen LogP contribution < -0.4 is 9.80 Å². The highest BCUT2D eigenvalue weighted by Gasteiger charge is 2.37. The molecule has 0 saturated carbocycles. The summed E-state index contributed by atoms with van der Waals surface area (Å²) in [7, 11) is 0. The van der Waals surface area contributed by atoms with Crippen LogP contribution in [0, 0.1) is 11.7 Å². The fourth-order valence-electron chi connectivity index (χ4n) is 3.41. The zero-order chi connectivity index (χ0) is 21.0. The van der Waals surface area contributed by atoms with Crippen molar-refractivity contribution < 1.29 is 23.5 Å². The first-order valence-corrected chi connectivity index (χ1v) is 9.47. The average Bonchev–Trinajstić information content (AvgIpc) is 3.09. The number of esters is 1. The highest BCUT2D eigenvalue weighted by molar-refractivity contribution is 6.00. The Morgan fingerprint density at radius 1 is 1.14 bits per heavy atom. The van der Waals surface area contributed by atoms with Crippen LogP contribution in [0.15, 0.2) is 54.6 Å². The molecule has 0 aliphatic carbocycles. The first-order chi connectivity index (χ1) is 13.9. The Labute approximate surface area is 168 Å². The second-order valence-corrected chi connectivity index (χ2v) is 7.16. The van der Waals surface area contributed by atoms with E-state index in [1.165, 1.54) is 23.1 Å². The van der Waals surface area contributed by atoms with E-state index in [4.69, 9.17) is 4.74 Å². The lowest BCUT2D eigenvalue weighted by Crippen LogP contribution is -2.40. The Morgan fingerprint density at radius 2 is 1.79 bits per heavy atom. The van der Waals surface area contributed by atoms with Gasteiger partial charge in [0.05, 0.1) is 11.6 Å². The van der Waals surface area contributed by atoms with Gasteiger partial charge in [0, 0.05) is 24.7 Å². The van der Waals surface area contributed by atoms with Crippen LogP contribution in [0.2, 0.25) is 0 Å². The van der Waals surface area contributed by atoms with E-state index in [2.05, 4.69) is 0 Å². The topological polar surface area (TPSA) is 66.9 Å². The minimum absolute atomic E-state index is 0.0272. The van der Waals surface area contributed by atoms with Gasteiger partial charge < -0.3 is 14.5 Å². The number of ether oxygens (including phenoxy) is 1. The number of amides is 2. The van der Waals surface area contributed by atoms with Crippen molar-refractivity contribution in [2.45, 2.75) is 26.3 Å². The summed E-state index contributed by atoms with van der Waals surface area (Å²) in [6.07, 6.45) is -0.0755. The van der Waals surface area contributed by atoms with Crippen LogP contribution in [-0.2, 0) is 19.1 Å². The van der Waals surface area contributed by atoms with Gasteiger partial charge in [-0.1, -0.05) is 30.3 Å². The van der Waals surface area contributed by atoms with Gasteiger partial charge >= 0.3 is 5.97 Å². The Balaban J connectivity index is 1.61. The molecule has 0 N–H and O–H groups in total. The fourth-order valence-corrected chi connectivity index (χ4v) is 3.41. The number of carbonyl (C=O) groups excluding carboxylic acids is 3. The molecule has 1 atom stereocenters. The molecule has 0 aromatic heterocycles. The maximum Gasteiger partial charge on any atom is 0.311 e. The van der Waals surface area contributed by atoms with Gasteiger partial charge in [0.15, 0.2) is 6.61 Å². The average molecular weight is 398 g/mol. The molecule has 0 radical (unpaired) electrons. The molecule has 1 fully saturated rings. The summed E-state index contributed by atoms with van der Waals surface area (Å²) in [5.74, 6) is -2.60. The van der Waals surface area contributed by atoms with E-state index in [-0.39, 0.29) is 36.5 Å². The van der Waals surface area contributed by atoms with Crippen molar-refractivity contribution in [1.29, 1.82) is 0 Å². The van der Waals surface area contributed by atoms with Gasteiger partial charge in [-0.15, -0.1) is 0 Å². The Morgan fingerprint density at radius 3 is 2.45 bits per heavy atom. The predicted octanol–water partition coefficient (Wildman–Crippen LogP) is 3.16. The number of anilines is 2. The van der Waals surface area contributed by atoms with Crippen molar-refractivity contribution in [3.05, 3.63) is 60.4 Å². The molecule has 152 valence electrons. The summed E-state index contributed by atoms with van der Waals surface area (Å²) in [5.41, 5.74) is 0.851. The summed E-state index contributed by atoms with van der Waals surface area (Å²) < 4.78 is 19.2. The van der Waals surface area contributed by atoms with E-state index in [0.29, 0.717) is 5.69 Å². The number of rotatable bonds is 6. The van der Waals surface area contributed by atoms with Crippen molar-refractivity contribution in [2.24, 2.45) is 5.92 Å². The molecule has 0 spiro atoms. The Kier molecular flexibility index (Phi) is 6.26. The van der Waals surface area contributed by atoms with Crippen LogP contribution >= 0.6 is 0 Å². The monoisotopic (exact) mass is 398 g/mol. The normalized spacial score (nSPS) is 16.2. The molecule has 2 amide bonds. The first-order valence-electron chi connectivity index (χ1n) is 9.47. The predicted molar refractivity (Wildman–Crippen MR) is 107 cm³/mol. The van der Waals surface area contributed by atoms with Crippen LogP contribution in [0.5, 0.6) is 0 Å². The molecule has 1 heterocycles. The van der Waals surface area contributed by atoms with Gasteiger partial charge in [0.1, 0.15) is 5.82 Å². The number of hydrogen-bond acceptors (Lipinski definition) is 4. The van der Waals surface area contributed by atoms with Gasteiger partial charge in [0.2, 0.25) is 5.91 Å². The summed E-state index contributed by atoms with van der Waals surface area (Å²) >= 11 is 0. The molecule has 0 unspecified atom stereocenters. The van der Waals surface area contributed by atoms with Gasteiger partial charge in [-0.25, -0.2) is 4.39 Å². The van der Waals surface area contributed by atoms with Crippen LogP contribution in [0.25, 0.3) is 0 Å². The number of nitrogens with zero attached hydrogens (tertiary/aromatic N) is 2. The molecule has 2 aromatic carbocycles. The maximum absolute atomic E-state index is 14.0. The number of halogens is 1. The number of benzene rings is 2. The molecule has 6 nitrogen and oxygen atoms in total. The zero-order valence-corrected chi connectivity index (χ0v) is 16.4. The van der Waals surface area contributed by atoms with E-state index in [1.807, 2.05) is 44.2 Å². The number of para-hydroxylation sites is 2. The molecular formula is C22H23FN2O4. The molecule has 1 aliphatic heterocycles. The smallest absolute Gasteiger partial charge is 0.311 e. The third-order valence-electron chi connectivity index (χ3n) is 4.76. The van der Waals surface area contributed by atoms with E-state index in [0.717, 1.165) is 0 Å². The molecule has 29 heavy (non-hydrogen) atoms. The highest BCUT2D eigenvalue weighted by atomic mass is 19.1. The lowest BCUT2D eigenvalue weighted by Gasteiger charge is -2.26. The minimum atomic E-state index is -0.737. The lowest BCUT2D eigenvalue weighted by molar-refractivity contribution is -0.151. The van der Waals surface area contributed by atoms with E-state index < -0.39 is 24.3 Å². The van der Waals surface area contributed by atoms with Gasteiger partial charge in [0.25, 0.3) is 5.91 Å². The van der Waals surface area contributed by atoms with Crippen molar-refractivity contribution in [1.82, 2.24) is 0 Å². The van der Waals surface area contributed by atoms with E-state index in [9.17, 15) is 18.8 Å². The van der Waals surface area contributed by atoms with Crippen LogP contribution in [0.4, 0.5) is 15.8 Å². The molecule has 0 bridgehead atoms. The van der Waals surface area contributed by atoms with Crippen LogP contribution in [0.3, 0.4) is 0 Å². The highest BCUT2D eigenvalue weighted by Crippen LogP contribution is 2.28.